The lowest BCUT2D eigenvalue weighted by Gasteiger charge is -2.51. The summed E-state index contributed by atoms with van der Waals surface area (Å²) in [6, 6.07) is 0. The predicted molar refractivity (Wildman–Crippen MR) is 94.2 cm³/mol. The highest BCUT2D eigenvalue weighted by Gasteiger charge is 2.52. The van der Waals surface area contributed by atoms with Crippen LogP contribution in [0, 0.1) is 5.41 Å². The van der Waals surface area contributed by atoms with Crippen molar-refractivity contribution in [3.05, 3.63) is 46.6 Å². The van der Waals surface area contributed by atoms with Gasteiger partial charge in [0.25, 0.3) is 0 Å². The van der Waals surface area contributed by atoms with Crippen molar-refractivity contribution >= 4 is 0 Å². The van der Waals surface area contributed by atoms with Gasteiger partial charge >= 0.3 is 0 Å². The molecule has 5 aliphatic rings. The largest absolute Gasteiger partial charge is 0.365 e. The lowest BCUT2D eigenvalue weighted by atomic mass is 9.63. The SMILES string of the molecule is C1=CC(=C2CC[C@H]3O[C@@H]2C2=C(CCC2)C32CCCCCC2)C=C1. The van der Waals surface area contributed by atoms with Crippen LogP contribution in [0.3, 0.4) is 0 Å². The second-order valence-corrected chi connectivity index (χ2v) is 8.17. The topological polar surface area (TPSA) is 9.23 Å². The fraction of sp³-hybridized carbons (Fsp3) is 0.636. The molecule has 1 saturated heterocycles. The van der Waals surface area contributed by atoms with Crippen LogP contribution in [0.4, 0.5) is 0 Å². The van der Waals surface area contributed by atoms with E-state index < -0.39 is 0 Å². The van der Waals surface area contributed by atoms with Crippen LogP contribution in [0.1, 0.15) is 70.6 Å². The normalized spacial score (nSPS) is 35.1. The Kier molecular flexibility index (Phi) is 3.40. The molecule has 2 aliphatic heterocycles. The first-order valence-electron chi connectivity index (χ1n) is 9.84. The molecule has 0 N–H and O–H groups in total. The molecule has 0 aromatic carbocycles. The molecule has 0 aromatic heterocycles. The smallest absolute Gasteiger partial charge is 0.101 e. The van der Waals surface area contributed by atoms with Crippen LogP contribution in [0.5, 0.6) is 0 Å². The van der Waals surface area contributed by atoms with Crippen LogP contribution < -0.4 is 0 Å². The highest BCUT2D eigenvalue weighted by atomic mass is 16.5. The van der Waals surface area contributed by atoms with Crippen LogP contribution in [-0.2, 0) is 4.74 Å². The molecule has 0 aromatic rings. The molecule has 2 fully saturated rings. The number of hydrogen-bond donors (Lipinski definition) is 0. The third kappa shape index (κ3) is 2.09. The van der Waals surface area contributed by atoms with Gasteiger partial charge in [-0.15, -0.1) is 0 Å². The highest BCUT2D eigenvalue weighted by Crippen LogP contribution is 2.58. The predicted octanol–water partition coefficient (Wildman–Crippen LogP) is 5.79. The van der Waals surface area contributed by atoms with Gasteiger partial charge in [-0.2, -0.15) is 0 Å². The van der Waals surface area contributed by atoms with Crippen molar-refractivity contribution in [1.82, 2.24) is 0 Å². The molecule has 1 spiro atoms. The second-order valence-electron chi connectivity index (χ2n) is 8.17. The second kappa shape index (κ2) is 5.48. The number of fused-ring (bicyclic) bond motifs is 5. The van der Waals surface area contributed by atoms with Gasteiger partial charge in [-0.25, -0.2) is 0 Å². The fourth-order valence-corrected chi connectivity index (χ4v) is 6.12. The molecule has 0 unspecified atom stereocenters. The molecule has 0 radical (unpaired) electrons. The summed E-state index contributed by atoms with van der Waals surface area (Å²) in [5.74, 6) is 0. The van der Waals surface area contributed by atoms with Crippen LogP contribution >= 0.6 is 0 Å². The fourth-order valence-electron chi connectivity index (χ4n) is 6.12. The van der Waals surface area contributed by atoms with Crippen molar-refractivity contribution in [3.8, 4) is 0 Å². The van der Waals surface area contributed by atoms with Gasteiger partial charge in [0.2, 0.25) is 0 Å². The summed E-state index contributed by atoms with van der Waals surface area (Å²) in [5, 5.41) is 0. The summed E-state index contributed by atoms with van der Waals surface area (Å²) in [7, 11) is 0. The molecular formula is C22H28O. The van der Waals surface area contributed by atoms with E-state index in [0.717, 1.165) is 0 Å². The zero-order valence-corrected chi connectivity index (χ0v) is 14.2. The van der Waals surface area contributed by atoms with Gasteiger partial charge in [0.15, 0.2) is 0 Å². The third-order valence-corrected chi connectivity index (χ3v) is 7.12. The third-order valence-electron chi connectivity index (χ3n) is 7.12. The van der Waals surface area contributed by atoms with Crippen molar-refractivity contribution in [2.45, 2.75) is 82.8 Å². The molecule has 1 nitrogen and oxygen atoms in total. The number of rotatable bonds is 0. The van der Waals surface area contributed by atoms with E-state index in [-0.39, 0.29) is 0 Å². The summed E-state index contributed by atoms with van der Waals surface area (Å²) in [6.07, 6.45) is 24.7. The van der Waals surface area contributed by atoms with Crippen LogP contribution in [-0.4, -0.2) is 12.2 Å². The van der Waals surface area contributed by atoms with E-state index in [1.54, 1.807) is 11.1 Å². The van der Waals surface area contributed by atoms with Gasteiger partial charge in [-0.3, -0.25) is 0 Å². The minimum absolute atomic E-state index is 0.322. The van der Waals surface area contributed by atoms with E-state index in [4.69, 9.17) is 4.74 Å². The van der Waals surface area contributed by atoms with E-state index in [0.29, 0.717) is 17.6 Å². The van der Waals surface area contributed by atoms with E-state index in [1.807, 2.05) is 5.57 Å². The molecule has 122 valence electrons. The Morgan fingerprint density at radius 3 is 2.39 bits per heavy atom. The first-order chi connectivity index (χ1) is 11.4. The molecule has 2 heterocycles. The highest BCUT2D eigenvalue weighted by molar-refractivity contribution is 5.50. The molecule has 0 amide bonds. The Bertz CT molecular complexity index is 608. The Morgan fingerprint density at radius 2 is 1.61 bits per heavy atom. The summed E-state index contributed by atoms with van der Waals surface area (Å²) >= 11 is 0. The van der Waals surface area contributed by atoms with E-state index in [9.17, 15) is 0 Å². The summed E-state index contributed by atoms with van der Waals surface area (Å²) in [6.45, 7) is 0. The minimum atomic E-state index is 0.322. The monoisotopic (exact) mass is 308 g/mol. The maximum absolute atomic E-state index is 6.83. The van der Waals surface area contributed by atoms with Crippen LogP contribution in [0.2, 0.25) is 0 Å². The van der Waals surface area contributed by atoms with Gasteiger partial charge in [0.05, 0.1) is 6.10 Å². The maximum Gasteiger partial charge on any atom is 0.101 e. The van der Waals surface area contributed by atoms with Crippen molar-refractivity contribution in [2.24, 2.45) is 5.41 Å². The van der Waals surface area contributed by atoms with Gasteiger partial charge in [-0.1, -0.05) is 55.6 Å². The Hall–Kier alpha value is -1.08. The molecule has 2 bridgehead atoms. The summed E-state index contributed by atoms with van der Waals surface area (Å²) in [5.41, 5.74) is 7.01. The molecule has 23 heavy (non-hydrogen) atoms. The number of ether oxygens (including phenoxy) is 1. The molecule has 1 saturated carbocycles. The standard InChI is InChI=1S/C22H28O/c1-2-6-15-22(14-5-1)19-11-7-10-18(19)21-17(12-13-20(22)23-21)16-8-3-4-9-16/h3-4,8-9,20-21H,1-2,5-7,10-15H2/t20-,21+/m1/s1. The number of allylic oxidation sites excluding steroid dienone is 5. The van der Waals surface area contributed by atoms with E-state index >= 15 is 0 Å². The summed E-state index contributed by atoms with van der Waals surface area (Å²) in [4.78, 5) is 0. The first kappa shape index (κ1) is 14.3. The van der Waals surface area contributed by atoms with Crippen LogP contribution in [0.25, 0.3) is 0 Å². The van der Waals surface area contributed by atoms with Gasteiger partial charge in [-0.05, 0) is 61.7 Å². The van der Waals surface area contributed by atoms with Crippen molar-refractivity contribution < 1.29 is 4.74 Å². The lowest BCUT2D eigenvalue weighted by Crippen LogP contribution is -2.49. The van der Waals surface area contributed by atoms with Gasteiger partial charge < -0.3 is 4.74 Å². The average molecular weight is 308 g/mol. The minimum Gasteiger partial charge on any atom is -0.365 e. The van der Waals surface area contributed by atoms with Gasteiger partial charge in [0.1, 0.15) is 6.10 Å². The number of hydrogen-bond acceptors (Lipinski definition) is 1. The van der Waals surface area contributed by atoms with E-state index in [1.165, 1.54) is 76.2 Å². The van der Waals surface area contributed by atoms with Crippen molar-refractivity contribution in [2.75, 3.05) is 0 Å². The zero-order chi connectivity index (χ0) is 15.3. The molecule has 3 aliphatic carbocycles. The molecule has 1 heteroatoms. The lowest BCUT2D eigenvalue weighted by molar-refractivity contribution is -0.0880. The van der Waals surface area contributed by atoms with Crippen LogP contribution in [0.15, 0.2) is 46.6 Å². The first-order valence-corrected chi connectivity index (χ1v) is 9.84. The average Bonchev–Trinajstić information content (AvgIpc) is 3.22. The quantitative estimate of drug-likeness (QED) is 0.514. The van der Waals surface area contributed by atoms with Crippen molar-refractivity contribution in [3.63, 3.8) is 0 Å². The van der Waals surface area contributed by atoms with E-state index in [2.05, 4.69) is 24.3 Å². The molecular weight excluding hydrogens is 280 g/mol. The van der Waals surface area contributed by atoms with Crippen molar-refractivity contribution in [1.29, 1.82) is 0 Å². The Morgan fingerprint density at radius 1 is 0.826 bits per heavy atom. The molecule has 2 atom stereocenters. The zero-order valence-electron chi connectivity index (χ0n) is 14.2. The molecule has 5 rings (SSSR count). The Balaban J connectivity index is 1.61. The maximum atomic E-state index is 6.83. The van der Waals surface area contributed by atoms with Gasteiger partial charge in [0, 0.05) is 5.41 Å². The Labute approximate surface area is 140 Å². The summed E-state index contributed by atoms with van der Waals surface area (Å²) < 4.78 is 6.83.